The van der Waals surface area contributed by atoms with E-state index >= 15 is 0 Å². The van der Waals surface area contributed by atoms with E-state index in [0.29, 0.717) is 18.1 Å². The topological polar surface area (TPSA) is 108 Å². The molecule has 0 atom stereocenters. The Hall–Kier alpha value is -2.81. The molecule has 0 saturated heterocycles. The Kier molecular flexibility index (Phi) is 4.29. The van der Waals surface area contributed by atoms with Crippen molar-refractivity contribution in [2.24, 2.45) is 0 Å². The number of nitrogens with zero attached hydrogens (tertiary/aromatic N) is 4. The molecular formula is C14H13N5O3S. The molecule has 2 aromatic heterocycles. The van der Waals surface area contributed by atoms with Gasteiger partial charge in [-0.25, -0.2) is 4.79 Å². The molecule has 2 N–H and O–H groups in total. The van der Waals surface area contributed by atoms with Crippen LogP contribution in [0.3, 0.4) is 0 Å². The first-order chi connectivity index (χ1) is 11.1. The Morgan fingerprint density at radius 3 is 2.91 bits per heavy atom. The molecule has 3 rings (SSSR count). The number of hydrogen-bond donors (Lipinski definition) is 2. The summed E-state index contributed by atoms with van der Waals surface area (Å²) in [5.41, 5.74) is 1.52. The maximum Gasteiger partial charge on any atom is 0.407 e. The molecule has 8 nitrogen and oxygen atoms in total. The summed E-state index contributed by atoms with van der Waals surface area (Å²) in [6.07, 6.45) is 2.46. The highest BCUT2D eigenvalue weighted by atomic mass is 32.1. The molecule has 0 bridgehead atoms. The van der Waals surface area contributed by atoms with Crippen LogP contribution >= 0.6 is 11.3 Å². The quantitative estimate of drug-likeness (QED) is 0.872. The summed E-state index contributed by atoms with van der Waals surface area (Å²) in [6, 6.07) is 5.46. The van der Waals surface area contributed by atoms with Crippen molar-refractivity contribution in [1.82, 2.24) is 25.4 Å². The molecule has 0 saturated carbocycles. The van der Waals surface area contributed by atoms with E-state index in [2.05, 4.69) is 20.5 Å². The van der Waals surface area contributed by atoms with Gasteiger partial charge in [-0.1, -0.05) is 23.5 Å². The Morgan fingerprint density at radius 1 is 1.35 bits per heavy atom. The van der Waals surface area contributed by atoms with Crippen molar-refractivity contribution in [3.8, 4) is 0 Å². The van der Waals surface area contributed by atoms with E-state index in [4.69, 9.17) is 5.11 Å². The third kappa shape index (κ3) is 3.51. The Morgan fingerprint density at radius 2 is 2.22 bits per heavy atom. The Bertz CT molecular complexity index is 759. The minimum Gasteiger partial charge on any atom is -0.465 e. The first kappa shape index (κ1) is 15.1. The average Bonchev–Trinajstić information content (AvgIpc) is 3.22. The van der Waals surface area contributed by atoms with Gasteiger partial charge in [0.05, 0.1) is 18.8 Å². The van der Waals surface area contributed by atoms with E-state index in [-0.39, 0.29) is 17.5 Å². The van der Waals surface area contributed by atoms with Gasteiger partial charge in [0.2, 0.25) is 5.01 Å². The van der Waals surface area contributed by atoms with Crippen molar-refractivity contribution < 1.29 is 14.7 Å². The predicted molar refractivity (Wildman–Crippen MR) is 82.9 cm³/mol. The first-order valence-corrected chi connectivity index (χ1v) is 7.64. The fourth-order valence-corrected chi connectivity index (χ4v) is 2.84. The van der Waals surface area contributed by atoms with Crippen molar-refractivity contribution >= 4 is 28.9 Å². The maximum absolute atomic E-state index is 12.1. The van der Waals surface area contributed by atoms with Crippen LogP contribution < -0.4 is 5.32 Å². The Balaban J connectivity index is 1.61. The second-order valence-corrected chi connectivity index (χ2v) is 5.79. The highest BCUT2D eigenvalue weighted by molar-refractivity contribution is 7.14. The molecule has 2 amide bonds. The fraction of sp³-hybridized carbons (Fsp3) is 0.214. The number of nitrogens with one attached hydrogen (secondary N) is 1. The van der Waals surface area contributed by atoms with E-state index in [9.17, 15) is 9.59 Å². The number of pyridine rings is 1. The number of carbonyl (C=O) groups is 2. The van der Waals surface area contributed by atoms with Gasteiger partial charge in [-0.15, -0.1) is 10.2 Å². The van der Waals surface area contributed by atoms with Crippen LogP contribution in [-0.4, -0.2) is 50.3 Å². The lowest BCUT2D eigenvalue weighted by Crippen LogP contribution is -2.26. The van der Waals surface area contributed by atoms with Gasteiger partial charge in [-0.05, 0) is 12.1 Å². The summed E-state index contributed by atoms with van der Waals surface area (Å²) in [5.74, 6) is -0.326. The molecule has 0 fully saturated rings. The van der Waals surface area contributed by atoms with E-state index in [1.54, 1.807) is 18.3 Å². The van der Waals surface area contributed by atoms with Gasteiger partial charge in [0.1, 0.15) is 5.01 Å². The average molecular weight is 331 g/mol. The maximum atomic E-state index is 12.1. The van der Waals surface area contributed by atoms with Crippen LogP contribution in [0.5, 0.6) is 0 Å². The summed E-state index contributed by atoms with van der Waals surface area (Å²) in [6.45, 7) is 0.898. The highest BCUT2D eigenvalue weighted by Crippen LogP contribution is 2.24. The van der Waals surface area contributed by atoms with Crippen molar-refractivity contribution in [2.45, 2.75) is 6.54 Å². The summed E-state index contributed by atoms with van der Waals surface area (Å²) in [7, 11) is 0. The second-order valence-electron chi connectivity index (χ2n) is 4.81. The molecule has 9 heteroatoms. The molecule has 118 valence electrons. The van der Waals surface area contributed by atoms with Crippen molar-refractivity contribution in [1.29, 1.82) is 0 Å². The highest BCUT2D eigenvalue weighted by Gasteiger charge is 2.23. The van der Waals surface area contributed by atoms with Gasteiger partial charge < -0.3 is 15.3 Å². The van der Waals surface area contributed by atoms with E-state index in [0.717, 1.165) is 22.6 Å². The number of amides is 2. The zero-order valence-electron chi connectivity index (χ0n) is 12.0. The number of rotatable bonds is 4. The van der Waals surface area contributed by atoms with Gasteiger partial charge in [0.25, 0.3) is 5.91 Å². The SMILES string of the molecule is O=C(NCc1ccccn1)c1nnc(C2=CCN(C(=O)O)C2)s1. The lowest BCUT2D eigenvalue weighted by Gasteiger charge is -2.09. The number of carboxylic acid groups (broad SMARTS) is 1. The van der Waals surface area contributed by atoms with Crippen LogP contribution in [0.2, 0.25) is 0 Å². The minimum atomic E-state index is -0.978. The number of aromatic nitrogens is 3. The molecule has 0 aliphatic carbocycles. The second kappa shape index (κ2) is 6.53. The molecular weight excluding hydrogens is 318 g/mol. The smallest absolute Gasteiger partial charge is 0.407 e. The molecule has 0 aromatic carbocycles. The third-order valence-corrected chi connectivity index (χ3v) is 4.24. The van der Waals surface area contributed by atoms with E-state index < -0.39 is 6.09 Å². The molecule has 2 aromatic rings. The van der Waals surface area contributed by atoms with Crippen LogP contribution in [0, 0.1) is 0 Å². The molecule has 3 heterocycles. The lowest BCUT2D eigenvalue weighted by molar-refractivity contribution is 0.0949. The number of carbonyl (C=O) groups excluding carboxylic acids is 1. The third-order valence-electron chi connectivity index (χ3n) is 3.24. The summed E-state index contributed by atoms with van der Waals surface area (Å²) in [4.78, 5) is 28.3. The van der Waals surface area contributed by atoms with Gasteiger partial charge >= 0.3 is 6.09 Å². The monoisotopic (exact) mass is 331 g/mol. The molecule has 0 unspecified atom stereocenters. The van der Waals surface area contributed by atoms with Crippen molar-refractivity contribution in [3.63, 3.8) is 0 Å². The van der Waals surface area contributed by atoms with Gasteiger partial charge in [-0.2, -0.15) is 0 Å². The van der Waals surface area contributed by atoms with Gasteiger partial charge in [0, 0.05) is 18.3 Å². The summed E-state index contributed by atoms with van der Waals surface area (Å²) < 4.78 is 0. The van der Waals surface area contributed by atoms with Gasteiger partial charge in [0.15, 0.2) is 0 Å². The van der Waals surface area contributed by atoms with Crippen LogP contribution in [-0.2, 0) is 6.54 Å². The summed E-state index contributed by atoms with van der Waals surface area (Å²) in [5, 5.41) is 20.3. The van der Waals surface area contributed by atoms with Crippen molar-refractivity contribution in [3.05, 3.63) is 46.2 Å². The first-order valence-electron chi connectivity index (χ1n) is 6.82. The molecule has 23 heavy (non-hydrogen) atoms. The Labute approximate surface area is 135 Å². The van der Waals surface area contributed by atoms with Crippen LogP contribution in [0.15, 0.2) is 30.5 Å². The minimum absolute atomic E-state index is 0.241. The molecule has 0 radical (unpaired) electrons. The van der Waals surface area contributed by atoms with Crippen LogP contribution in [0.4, 0.5) is 4.79 Å². The molecule has 1 aliphatic rings. The summed E-state index contributed by atoms with van der Waals surface area (Å²) >= 11 is 1.14. The standard InChI is InChI=1S/C14H13N5O3S/c20-11(16-7-10-3-1-2-5-15-10)13-18-17-12(23-13)9-4-6-19(8-9)14(21)22/h1-5H,6-8H2,(H,16,20)(H,21,22). The van der Waals surface area contributed by atoms with Crippen LogP contribution in [0.1, 0.15) is 20.5 Å². The van der Waals surface area contributed by atoms with E-state index in [1.807, 2.05) is 12.1 Å². The zero-order chi connectivity index (χ0) is 16.2. The normalized spacial score (nSPS) is 13.7. The molecule has 1 aliphatic heterocycles. The van der Waals surface area contributed by atoms with E-state index in [1.165, 1.54) is 4.90 Å². The fourth-order valence-electron chi connectivity index (χ4n) is 2.05. The van der Waals surface area contributed by atoms with Gasteiger partial charge in [-0.3, -0.25) is 9.78 Å². The van der Waals surface area contributed by atoms with Crippen LogP contribution in [0.25, 0.3) is 5.57 Å². The zero-order valence-corrected chi connectivity index (χ0v) is 12.8. The predicted octanol–water partition coefficient (Wildman–Crippen LogP) is 1.24. The largest absolute Gasteiger partial charge is 0.465 e. The number of hydrogen-bond acceptors (Lipinski definition) is 6. The molecule has 0 spiro atoms. The van der Waals surface area contributed by atoms with Crippen molar-refractivity contribution in [2.75, 3.05) is 13.1 Å². The lowest BCUT2D eigenvalue weighted by atomic mass is 10.3.